The van der Waals surface area contributed by atoms with Crippen LogP contribution in [0.1, 0.15) is 17.5 Å². The summed E-state index contributed by atoms with van der Waals surface area (Å²) in [5.41, 5.74) is 1.01. The minimum atomic E-state index is -4.00. The second-order valence-corrected chi connectivity index (χ2v) is 9.31. The van der Waals surface area contributed by atoms with Crippen LogP contribution in [0.4, 0.5) is 4.39 Å². The first-order valence-electron chi connectivity index (χ1n) is 10.3. The number of sulfonamides is 1. The van der Waals surface area contributed by atoms with Crippen molar-refractivity contribution < 1.29 is 31.9 Å². The van der Waals surface area contributed by atoms with Gasteiger partial charge in [-0.05, 0) is 54.8 Å². The molecule has 2 N–H and O–H groups in total. The van der Waals surface area contributed by atoms with Gasteiger partial charge in [0.1, 0.15) is 17.8 Å². The molecular formula is C22H26FN3O6S. The van der Waals surface area contributed by atoms with E-state index in [0.717, 1.165) is 22.0 Å². The second kappa shape index (κ2) is 10.7. The Morgan fingerprint density at radius 2 is 1.94 bits per heavy atom. The molecule has 2 aromatic rings. The molecule has 1 aliphatic rings. The van der Waals surface area contributed by atoms with E-state index in [1.54, 1.807) is 24.3 Å². The summed E-state index contributed by atoms with van der Waals surface area (Å²) < 4.78 is 51.5. The number of carbonyl (C=O) groups excluding carboxylic acids is 2. The Hall–Kier alpha value is -3.02. The van der Waals surface area contributed by atoms with Crippen molar-refractivity contribution in [2.75, 3.05) is 26.8 Å². The standard InChI is InChI=1S/C22H26FN3O6S/c1-15-11-17(23)7-8-19(15)33(29,30)26-9-4-10-32-20(26)14-25-22(28)21(27)24-13-16-5-3-6-18(12-16)31-2/h3,5-8,11-12,20H,4,9-10,13-14H2,1-2H3,(H,24,27)(H,25,28). The number of methoxy groups -OCH3 is 1. The first kappa shape index (κ1) is 24.6. The fraction of sp³-hybridized carbons (Fsp3) is 0.364. The molecule has 1 fully saturated rings. The summed E-state index contributed by atoms with van der Waals surface area (Å²) in [6.07, 6.45) is -0.534. The van der Waals surface area contributed by atoms with E-state index in [4.69, 9.17) is 9.47 Å². The van der Waals surface area contributed by atoms with Crippen molar-refractivity contribution in [2.24, 2.45) is 0 Å². The summed E-state index contributed by atoms with van der Waals surface area (Å²) in [7, 11) is -2.47. The van der Waals surface area contributed by atoms with Crippen molar-refractivity contribution >= 4 is 21.8 Å². The van der Waals surface area contributed by atoms with Crippen molar-refractivity contribution in [1.29, 1.82) is 0 Å². The molecule has 0 spiro atoms. The normalized spacial score (nSPS) is 16.8. The van der Waals surface area contributed by atoms with Gasteiger partial charge in [0.2, 0.25) is 10.0 Å². The van der Waals surface area contributed by atoms with E-state index >= 15 is 0 Å². The highest BCUT2D eigenvalue weighted by Crippen LogP contribution is 2.25. The number of hydrogen-bond acceptors (Lipinski definition) is 6. The molecule has 178 valence electrons. The molecule has 0 aromatic heterocycles. The SMILES string of the molecule is COc1cccc(CNC(=O)C(=O)NCC2OCCCN2S(=O)(=O)c2ccc(F)cc2C)c1. The quantitative estimate of drug-likeness (QED) is 0.579. The summed E-state index contributed by atoms with van der Waals surface area (Å²) in [5, 5.41) is 4.92. The van der Waals surface area contributed by atoms with Crippen LogP contribution in [0.25, 0.3) is 0 Å². The first-order valence-corrected chi connectivity index (χ1v) is 11.7. The molecule has 2 aromatic carbocycles. The largest absolute Gasteiger partial charge is 0.497 e. The lowest BCUT2D eigenvalue weighted by Gasteiger charge is -2.34. The lowest BCUT2D eigenvalue weighted by molar-refractivity contribution is -0.140. The fourth-order valence-corrected chi connectivity index (χ4v) is 5.21. The van der Waals surface area contributed by atoms with Crippen molar-refractivity contribution in [3.8, 4) is 5.75 Å². The summed E-state index contributed by atoms with van der Waals surface area (Å²) in [6.45, 7) is 1.88. The zero-order valence-electron chi connectivity index (χ0n) is 18.3. The zero-order valence-corrected chi connectivity index (χ0v) is 19.2. The maximum Gasteiger partial charge on any atom is 0.309 e. The molecule has 1 heterocycles. The Morgan fingerprint density at radius 1 is 1.18 bits per heavy atom. The van der Waals surface area contributed by atoms with Gasteiger partial charge in [0.05, 0.1) is 25.2 Å². The maximum absolute atomic E-state index is 13.4. The number of aryl methyl sites for hydroxylation is 1. The number of benzene rings is 2. The molecule has 9 nitrogen and oxygen atoms in total. The van der Waals surface area contributed by atoms with Crippen molar-refractivity contribution in [3.05, 3.63) is 59.4 Å². The van der Waals surface area contributed by atoms with Crippen LogP contribution in [0.2, 0.25) is 0 Å². The number of rotatable bonds is 7. The van der Waals surface area contributed by atoms with Crippen LogP contribution in [0.15, 0.2) is 47.4 Å². The maximum atomic E-state index is 13.4. The third-order valence-corrected chi connectivity index (χ3v) is 7.16. The Bertz CT molecular complexity index is 1120. The molecule has 3 rings (SSSR count). The highest BCUT2D eigenvalue weighted by atomic mass is 32.2. The van der Waals surface area contributed by atoms with Gasteiger partial charge in [0.25, 0.3) is 0 Å². The van der Waals surface area contributed by atoms with Gasteiger partial charge in [0.15, 0.2) is 0 Å². The Balaban J connectivity index is 1.61. The van der Waals surface area contributed by atoms with E-state index < -0.39 is 33.9 Å². The van der Waals surface area contributed by atoms with Gasteiger partial charge in [-0.15, -0.1) is 0 Å². The summed E-state index contributed by atoms with van der Waals surface area (Å²) in [6, 6.07) is 10.4. The van der Waals surface area contributed by atoms with Gasteiger partial charge >= 0.3 is 11.8 Å². The predicted molar refractivity (Wildman–Crippen MR) is 117 cm³/mol. The Morgan fingerprint density at radius 3 is 2.67 bits per heavy atom. The molecule has 1 saturated heterocycles. The lowest BCUT2D eigenvalue weighted by atomic mass is 10.2. The third kappa shape index (κ3) is 6.06. The van der Waals surface area contributed by atoms with Gasteiger partial charge in [0, 0.05) is 13.1 Å². The van der Waals surface area contributed by atoms with E-state index in [9.17, 15) is 22.4 Å². The number of amides is 2. The van der Waals surface area contributed by atoms with Crippen molar-refractivity contribution in [1.82, 2.24) is 14.9 Å². The smallest absolute Gasteiger partial charge is 0.309 e. The van der Waals surface area contributed by atoms with E-state index in [0.29, 0.717) is 18.8 Å². The molecule has 1 atom stereocenters. The fourth-order valence-electron chi connectivity index (χ4n) is 3.44. The summed E-state index contributed by atoms with van der Waals surface area (Å²) in [4.78, 5) is 24.4. The molecule has 0 bridgehead atoms. The van der Waals surface area contributed by atoms with E-state index in [2.05, 4.69) is 10.6 Å². The van der Waals surface area contributed by atoms with Gasteiger partial charge in [-0.2, -0.15) is 4.31 Å². The average Bonchev–Trinajstić information content (AvgIpc) is 2.81. The third-order valence-electron chi connectivity index (χ3n) is 5.11. The monoisotopic (exact) mass is 479 g/mol. The molecule has 11 heteroatoms. The van der Waals surface area contributed by atoms with Crippen LogP contribution < -0.4 is 15.4 Å². The molecule has 0 saturated carbocycles. The van der Waals surface area contributed by atoms with Crippen LogP contribution >= 0.6 is 0 Å². The molecule has 0 radical (unpaired) electrons. The number of carbonyl (C=O) groups is 2. The van der Waals surface area contributed by atoms with Crippen LogP contribution in [-0.4, -0.2) is 57.6 Å². The number of nitrogens with one attached hydrogen (secondary N) is 2. The first-order chi connectivity index (χ1) is 15.7. The van der Waals surface area contributed by atoms with Gasteiger partial charge in [-0.1, -0.05) is 12.1 Å². The highest BCUT2D eigenvalue weighted by molar-refractivity contribution is 7.89. The molecule has 0 aliphatic carbocycles. The van der Waals surface area contributed by atoms with E-state index in [1.807, 2.05) is 0 Å². The summed E-state index contributed by atoms with van der Waals surface area (Å²) >= 11 is 0. The minimum absolute atomic E-state index is 0.0400. The lowest BCUT2D eigenvalue weighted by Crippen LogP contribution is -2.53. The van der Waals surface area contributed by atoms with Gasteiger partial charge in [-0.3, -0.25) is 9.59 Å². The predicted octanol–water partition coefficient (Wildman–Crippen LogP) is 1.31. The van der Waals surface area contributed by atoms with Crippen LogP contribution in [0.3, 0.4) is 0 Å². The molecule has 1 aliphatic heterocycles. The van der Waals surface area contributed by atoms with Crippen LogP contribution in [-0.2, 0) is 30.9 Å². The average molecular weight is 480 g/mol. The van der Waals surface area contributed by atoms with Gasteiger partial charge < -0.3 is 20.1 Å². The molecule has 1 unspecified atom stereocenters. The highest BCUT2D eigenvalue weighted by Gasteiger charge is 2.35. The number of hydrogen-bond donors (Lipinski definition) is 2. The zero-order chi connectivity index (χ0) is 24.0. The van der Waals surface area contributed by atoms with Crippen LogP contribution in [0.5, 0.6) is 5.75 Å². The minimum Gasteiger partial charge on any atom is -0.497 e. The van der Waals surface area contributed by atoms with E-state index in [-0.39, 0.29) is 30.1 Å². The molecular weight excluding hydrogens is 453 g/mol. The number of halogens is 1. The molecule has 2 amide bonds. The van der Waals surface area contributed by atoms with Gasteiger partial charge in [-0.25, -0.2) is 12.8 Å². The summed E-state index contributed by atoms with van der Waals surface area (Å²) in [5.74, 6) is -1.69. The Kier molecular flexibility index (Phi) is 8.01. The van der Waals surface area contributed by atoms with E-state index in [1.165, 1.54) is 20.1 Å². The topological polar surface area (TPSA) is 114 Å². The Labute approximate surface area is 191 Å². The van der Waals surface area contributed by atoms with Crippen molar-refractivity contribution in [2.45, 2.75) is 31.0 Å². The van der Waals surface area contributed by atoms with Crippen molar-refractivity contribution in [3.63, 3.8) is 0 Å². The number of nitrogens with zero attached hydrogens (tertiary/aromatic N) is 1. The second-order valence-electron chi connectivity index (χ2n) is 7.45. The van der Waals surface area contributed by atoms with Crippen LogP contribution in [0, 0.1) is 12.7 Å². The molecule has 33 heavy (non-hydrogen) atoms. The number of ether oxygens (including phenoxy) is 2.